The summed E-state index contributed by atoms with van der Waals surface area (Å²) < 4.78 is 17.9. The second kappa shape index (κ2) is 4.17. The lowest BCUT2D eigenvalue weighted by Crippen LogP contribution is -2.38. The second-order valence-corrected chi connectivity index (χ2v) is 6.37. The van der Waals surface area contributed by atoms with Gasteiger partial charge in [-0.3, -0.25) is 0 Å². The van der Waals surface area contributed by atoms with Crippen LogP contribution in [0.4, 0.5) is 0 Å². The van der Waals surface area contributed by atoms with Crippen molar-refractivity contribution in [2.24, 2.45) is 5.92 Å². The van der Waals surface area contributed by atoms with E-state index in [1.807, 2.05) is 0 Å². The lowest BCUT2D eigenvalue weighted by molar-refractivity contribution is -0.193. The minimum atomic E-state index is -0.296. The van der Waals surface area contributed by atoms with Crippen molar-refractivity contribution in [3.05, 3.63) is 0 Å². The van der Waals surface area contributed by atoms with Crippen LogP contribution in [-0.2, 0) is 14.2 Å². The summed E-state index contributed by atoms with van der Waals surface area (Å²) in [6.07, 6.45) is 7.93. The van der Waals surface area contributed by atoms with Gasteiger partial charge in [0.1, 0.15) is 0 Å². The molecule has 2 saturated carbocycles. The lowest BCUT2D eigenvalue weighted by atomic mass is 9.83. The van der Waals surface area contributed by atoms with E-state index in [2.05, 4.69) is 0 Å². The summed E-state index contributed by atoms with van der Waals surface area (Å²) in [5, 5.41) is 9.86. The molecule has 4 nitrogen and oxygen atoms in total. The Morgan fingerprint density at radius 2 is 1.83 bits per heavy atom. The van der Waals surface area contributed by atoms with Crippen molar-refractivity contribution in [1.82, 2.24) is 0 Å². The quantitative estimate of drug-likeness (QED) is 0.722. The zero-order valence-electron chi connectivity index (χ0n) is 10.7. The molecule has 2 heterocycles. The van der Waals surface area contributed by atoms with Crippen molar-refractivity contribution in [3.63, 3.8) is 0 Å². The van der Waals surface area contributed by atoms with Gasteiger partial charge in [-0.2, -0.15) is 0 Å². The first-order valence-corrected chi connectivity index (χ1v) is 7.41. The number of hydrogen-bond acceptors (Lipinski definition) is 4. The van der Waals surface area contributed by atoms with Gasteiger partial charge in [0.25, 0.3) is 0 Å². The molecule has 4 heteroatoms. The highest BCUT2D eigenvalue weighted by atomic mass is 16.7. The van der Waals surface area contributed by atoms with E-state index >= 15 is 0 Å². The average Bonchev–Trinajstić information content (AvgIpc) is 3.04. The van der Waals surface area contributed by atoms with Crippen molar-refractivity contribution >= 4 is 0 Å². The number of aliphatic hydroxyl groups is 1. The Morgan fingerprint density at radius 3 is 2.67 bits per heavy atom. The topological polar surface area (TPSA) is 51.2 Å². The smallest absolute Gasteiger partial charge is 0.168 e. The molecule has 4 aliphatic rings. The van der Waals surface area contributed by atoms with Crippen molar-refractivity contribution in [1.29, 1.82) is 0 Å². The van der Waals surface area contributed by atoms with Gasteiger partial charge in [-0.05, 0) is 19.3 Å². The molecule has 2 aliphatic heterocycles. The number of epoxide rings is 1. The minimum Gasteiger partial charge on any atom is -0.393 e. The molecule has 0 aromatic rings. The molecule has 4 rings (SSSR count). The summed E-state index contributed by atoms with van der Waals surface area (Å²) in [4.78, 5) is 0. The lowest BCUT2D eigenvalue weighted by Gasteiger charge is -2.33. The highest BCUT2D eigenvalue weighted by molar-refractivity contribution is 5.02. The van der Waals surface area contributed by atoms with Crippen LogP contribution in [0, 0.1) is 5.92 Å². The molecule has 2 aliphatic carbocycles. The number of fused-ring (bicyclic) bond motifs is 1. The molecule has 2 saturated heterocycles. The Hall–Kier alpha value is -0.160. The zero-order chi connectivity index (χ0) is 12.2. The zero-order valence-corrected chi connectivity index (χ0v) is 10.7. The van der Waals surface area contributed by atoms with Gasteiger partial charge >= 0.3 is 0 Å². The monoisotopic (exact) mass is 254 g/mol. The fourth-order valence-electron chi connectivity index (χ4n) is 4.04. The van der Waals surface area contributed by atoms with E-state index in [9.17, 15) is 5.11 Å². The standard InChI is InChI=1S/C14H22O4/c15-9-6-10(13-11(7-9)17-13)12-8-16-14(18-12)4-2-1-3-5-14/h9-13,15H,1-8H2/t9-,10-,11-,12+,13+/m0/s1. The number of aliphatic hydroxyl groups excluding tert-OH is 1. The van der Waals surface area contributed by atoms with E-state index < -0.39 is 0 Å². The summed E-state index contributed by atoms with van der Waals surface area (Å²) in [7, 11) is 0. The molecule has 1 N–H and O–H groups in total. The van der Waals surface area contributed by atoms with E-state index in [-0.39, 0.29) is 24.1 Å². The molecule has 4 fully saturated rings. The van der Waals surface area contributed by atoms with Crippen LogP contribution in [-0.4, -0.2) is 41.9 Å². The Balaban J connectivity index is 1.44. The molecular formula is C14H22O4. The van der Waals surface area contributed by atoms with E-state index in [1.165, 1.54) is 19.3 Å². The largest absolute Gasteiger partial charge is 0.393 e. The van der Waals surface area contributed by atoms with Gasteiger partial charge in [-0.25, -0.2) is 0 Å². The first-order valence-electron chi connectivity index (χ1n) is 7.41. The molecule has 0 radical (unpaired) electrons. The van der Waals surface area contributed by atoms with E-state index in [4.69, 9.17) is 14.2 Å². The molecule has 0 amide bonds. The van der Waals surface area contributed by atoms with E-state index in [0.717, 1.165) is 25.7 Å². The summed E-state index contributed by atoms with van der Waals surface area (Å²) in [5.41, 5.74) is 0. The van der Waals surface area contributed by atoms with Gasteiger partial charge in [-0.15, -0.1) is 0 Å². The van der Waals surface area contributed by atoms with Crippen LogP contribution in [0.2, 0.25) is 0 Å². The van der Waals surface area contributed by atoms with Crippen LogP contribution in [0.3, 0.4) is 0 Å². The van der Waals surface area contributed by atoms with Crippen LogP contribution in [0.25, 0.3) is 0 Å². The first kappa shape index (κ1) is 11.6. The van der Waals surface area contributed by atoms with Crippen molar-refractivity contribution in [2.45, 2.75) is 75.1 Å². The molecule has 0 aromatic heterocycles. The number of rotatable bonds is 1. The van der Waals surface area contributed by atoms with Gasteiger partial charge in [0.2, 0.25) is 0 Å². The molecule has 102 valence electrons. The van der Waals surface area contributed by atoms with Crippen LogP contribution in [0.15, 0.2) is 0 Å². The second-order valence-electron chi connectivity index (χ2n) is 6.37. The predicted octanol–water partition coefficient (Wildman–Crippen LogP) is 1.60. The van der Waals surface area contributed by atoms with Gasteiger partial charge in [0, 0.05) is 25.2 Å². The highest BCUT2D eigenvalue weighted by Gasteiger charge is 2.56. The summed E-state index contributed by atoms with van der Waals surface area (Å²) in [6.45, 7) is 0.684. The van der Waals surface area contributed by atoms with Crippen LogP contribution in [0.1, 0.15) is 44.9 Å². The summed E-state index contributed by atoms with van der Waals surface area (Å²) in [5.74, 6) is 0.0375. The first-order chi connectivity index (χ1) is 8.76. The van der Waals surface area contributed by atoms with Gasteiger partial charge < -0.3 is 19.3 Å². The molecule has 18 heavy (non-hydrogen) atoms. The van der Waals surface area contributed by atoms with Crippen LogP contribution >= 0.6 is 0 Å². The van der Waals surface area contributed by atoms with Crippen molar-refractivity contribution in [2.75, 3.05) is 6.61 Å². The molecule has 0 aromatic carbocycles. The highest BCUT2D eigenvalue weighted by Crippen LogP contribution is 2.47. The maximum atomic E-state index is 9.86. The third-order valence-corrected chi connectivity index (χ3v) is 5.06. The fraction of sp³-hybridized carbons (Fsp3) is 1.00. The maximum absolute atomic E-state index is 9.86. The predicted molar refractivity (Wildman–Crippen MR) is 64.0 cm³/mol. The number of ether oxygens (including phenoxy) is 3. The Kier molecular flexibility index (Phi) is 2.70. The molecule has 0 unspecified atom stereocenters. The summed E-state index contributed by atoms with van der Waals surface area (Å²) >= 11 is 0. The molecule has 5 atom stereocenters. The van der Waals surface area contributed by atoms with Crippen molar-refractivity contribution < 1.29 is 19.3 Å². The van der Waals surface area contributed by atoms with E-state index in [1.54, 1.807) is 0 Å². The van der Waals surface area contributed by atoms with E-state index in [0.29, 0.717) is 18.6 Å². The summed E-state index contributed by atoms with van der Waals surface area (Å²) in [6, 6.07) is 0. The maximum Gasteiger partial charge on any atom is 0.168 e. The third-order valence-electron chi connectivity index (χ3n) is 5.06. The van der Waals surface area contributed by atoms with Gasteiger partial charge in [0.15, 0.2) is 5.79 Å². The third kappa shape index (κ3) is 1.90. The van der Waals surface area contributed by atoms with Crippen molar-refractivity contribution in [3.8, 4) is 0 Å². The Labute approximate surface area is 108 Å². The van der Waals surface area contributed by atoms with Gasteiger partial charge in [-0.1, -0.05) is 6.42 Å². The van der Waals surface area contributed by atoms with Gasteiger partial charge in [0.05, 0.1) is 31.0 Å². The minimum absolute atomic E-state index is 0.132. The van der Waals surface area contributed by atoms with Crippen LogP contribution < -0.4 is 0 Å². The Morgan fingerprint density at radius 1 is 1.00 bits per heavy atom. The average molecular weight is 254 g/mol. The molecule has 1 spiro atoms. The SMILES string of the molecule is O[C@H]1C[C@@H]([C@H]2COC3(CCCCC3)O2)[C@H]2O[C@H]2C1. The normalized spacial score (nSPS) is 50.2. The Bertz CT molecular complexity index is 326. The van der Waals surface area contributed by atoms with Crippen LogP contribution in [0.5, 0.6) is 0 Å². The molecular weight excluding hydrogens is 232 g/mol. The molecule has 0 bridgehead atoms. The number of hydrogen-bond donors (Lipinski definition) is 1. The fourth-order valence-corrected chi connectivity index (χ4v) is 4.04.